The topological polar surface area (TPSA) is 42.1 Å². The summed E-state index contributed by atoms with van der Waals surface area (Å²) in [4.78, 5) is 5.82. The smallest absolute Gasteiger partial charge is 0.165 e. The van der Waals surface area contributed by atoms with Crippen LogP contribution in [0.4, 0.5) is 10.2 Å². The van der Waals surface area contributed by atoms with Crippen molar-refractivity contribution in [1.29, 1.82) is 0 Å². The van der Waals surface area contributed by atoms with Gasteiger partial charge >= 0.3 is 0 Å². The van der Waals surface area contributed by atoms with E-state index in [4.69, 9.17) is 5.73 Å². The summed E-state index contributed by atoms with van der Waals surface area (Å²) in [6.45, 7) is 1.14. The van der Waals surface area contributed by atoms with Crippen LogP contribution in [-0.4, -0.2) is 12.0 Å². The minimum Gasteiger partial charge on any atom is -0.353 e. The molecule has 2 rings (SSSR count). The Hall–Kier alpha value is -1.94. The van der Waals surface area contributed by atoms with Crippen LogP contribution in [0.2, 0.25) is 0 Å². The number of nitrogens with two attached hydrogens (primary N) is 1. The highest BCUT2D eigenvalue weighted by Crippen LogP contribution is 2.16. The Bertz CT molecular complexity index is 511. The second kappa shape index (κ2) is 5.60. The molecule has 2 N–H and O–H groups in total. The van der Waals surface area contributed by atoms with Crippen LogP contribution in [0.3, 0.4) is 0 Å². The lowest BCUT2D eigenvalue weighted by atomic mass is 10.1. The zero-order valence-electron chi connectivity index (χ0n) is 10.3. The van der Waals surface area contributed by atoms with Gasteiger partial charge in [-0.25, -0.2) is 9.37 Å². The van der Waals surface area contributed by atoms with Crippen molar-refractivity contribution in [1.82, 2.24) is 4.98 Å². The number of aromatic nitrogens is 1. The van der Waals surface area contributed by atoms with E-state index >= 15 is 0 Å². The van der Waals surface area contributed by atoms with Crippen molar-refractivity contribution in [2.75, 3.05) is 11.9 Å². The molecule has 94 valence electrons. The Labute approximate surface area is 106 Å². The first-order valence-corrected chi connectivity index (χ1v) is 5.80. The van der Waals surface area contributed by atoms with E-state index in [1.54, 1.807) is 17.2 Å². The lowest BCUT2D eigenvalue weighted by Crippen LogP contribution is -2.19. The van der Waals surface area contributed by atoms with Gasteiger partial charge in [-0.2, -0.15) is 0 Å². The first-order chi connectivity index (χ1) is 8.70. The molecule has 0 amide bonds. The number of halogens is 1. The second-order valence-electron chi connectivity index (χ2n) is 4.19. The van der Waals surface area contributed by atoms with E-state index in [2.05, 4.69) is 4.98 Å². The van der Waals surface area contributed by atoms with Crippen LogP contribution in [-0.2, 0) is 13.1 Å². The summed E-state index contributed by atoms with van der Waals surface area (Å²) in [5.41, 5.74) is 7.73. The molecule has 3 nitrogen and oxygen atoms in total. The average molecular weight is 245 g/mol. The van der Waals surface area contributed by atoms with Crippen LogP contribution in [0.5, 0.6) is 0 Å². The predicted octanol–water partition coefficient (Wildman–Crippen LogP) is 2.32. The van der Waals surface area contributed by atoms with Gasteiger partial charge in [0, 0.05) is 26.3 Å². The largest absolute Gasteiger partial charge is 0.353 e. The molecule has 0 aliphatic rings. The fraction of sp³-hybridized carbons (Fsp3) is 0.214. The van der Waals surface area contributed by atoms with E-state index < -0.39 is 0 Å². The van der Waals surface area contributed by atoms with Crippen LogP contribution < -0.4 is 10.6 Å². The molecule has 1 heterocycles. The molecule has 0 aliphatic carbocycles. The highest BCUT2D eigenvalue weighted by Gasteiger charge is 2.08. The summed E-state index contributed by atoms with van der Waals surface area (Å²) in [6, 6.07) is 11.0. The highest BCUT2D eigenvalue weighted by molar-refractivity contribution is 5.39. The minimum atomic E-state index is -0.307. The summed E-state index contributed by atoms with van der Waals surface area (Å²) in [6.07, 6.45) is 1.59. The maximum atomic E-state index is 13.5. The molecule has 0 radical (unpaired) electrons. The molecule has 4 heteroatoms. The van der Waals surface area contributed by atoms with E-state index in [-0.39, 0.29) is 5.82 Å². The Morgan fingerprint density at radius 2 is 1.83 bits per heavy atom. The van der Waals surface area contributed by atoms with Crippen molar-refractivity contribution >= 4 is 5.82 Å². The Kier molecular flexibility index (Phi) is 3.89. The number of benzene rings is 1. The molecule has 0 fully saturated rings. The van der Waals surface area contributed by atoms with Crippen molar-refractivity contribution in [2.45, 2.75) is 13.1 Å². The maximum Gasteiger partial charge on any atom is 0.165 e. The van der Waals surface area contributed by atoms with Crippen LogP contribution in [0.1, 0.15) is 11.1 Å². The Morgan fingerprint density at radius 3 is 2.44 bits per heavy atom. The summed E-state index contributed by atoms with van der Waals surface area (Å²) in [5.74, 6) is 0.0546. The monoisotopic (exact) mass is 245 g/mol. The van der Waals surface area contributed by atoms with Gasteiger partial charge in [-0.15, -0.1) is 0 Å². The number of hydrogen-bond acceptors (Lipinski definition) is 3. The van der Waals surface area contributed by atoms with Gasteiger partial charge < -0.3 is 10.6 Å². The summed E-state index contributed by atoms with van der Waals surface area (Å²) in [5, 5.41) is 0. The third kappa shape index (κ3) is 2.84. The summed E-state index contributed by atoms with van der Waals surface area (Å²) in [7, 11) is 1.82. The van der Waals surface area contributed by atoms with Crippen molar-refractivity contribution in [3.8, 4) is 0 Å². The summed E-state index contributed by atoms with van der Waals surface area (Å²) >= 11 is 0. The molecule has 0 aliphatic heterocycles. The fourth-order valence-corrected chi connectivity index (χ4v) is 1.79. The van der Waals surface area contributed by atoms with E-state index in [0.717, 1.165) is 11.1 Å². The van der Waals surface area contributed by atoms with E-state index in [9.17, 15) is 4.39 Å². The van der Waals surface area contributed by atoms with Crippen molar-refractivity contribution in [3.63, 3.8) is 0 Å². The average Bonchev–Trinajstić information content (AvgIpc) is 2.40. The minimum absolute atomic E-state index is 0.307. The quantitative estimate of drug-likeness (QED) is 0.898. The molecule has 0 saturated carbocycles. The molecule has 0 atom stereocenters. The number of anilines is 1. The molecule has 1 aromatic carbocycles. The molecule has 0 spiro atoms. The number of rotatable bonds is 4. The standard InChI is InChI=1S/C14H16FN3/c1-18(14-13(15)3-2-8-17-14)10-12-6-4-11(9-16)5-7-12/h2-8H,9-10,16H2,1H3. The van der Waals surface area contributed by atoms with Crippen molar-refractivity contribution in [3.05, 3.63) is 59.5 Å². The van der Waals surface area contributed by atoms with E-state index in [1.165, 1.54) is 6.07 Å². The molecule has 0 unspecified atom stereocenters. The van der Waals surface area contributed by atoms with Gasteiger partial charge in [0.15, 0.2) is 11.6 Å². The summed E-state index contributed by atoms with van der Waals surface area (Å²) < 4.78 is 13.5. The van der Waals surface area contributed by atoms with Gasteiger partial charge in [-0.05, 0) is 23.3 Å². The zero-order valence-corrected chi connectivity index (χ0v) is 10.3. The normalized spacial score (nSPS) is 10.4. The maximum absolute atomic E-state index is 13.5. The lowest BCUT2D eigenvalue weighted by Gasteiger charge is -2.18. The van der Waals surface area contributed by atoms with Gasteiger partial charge in [0.2, 0.25) is 0 Å². The van der Waals surface area contributed by atoms with Gasteiger partial charge in [-0.3, -0.25) is 0 Å². The zero-order chi connectivity index (χ0) is 13.0. The third-order valence-corrected chi connectivity index (χ3v) is 2.78. The third-order valence-electron chi connectivity index (χ3n) is 2.78. The molecule has 0 bridgehead atoms. The van der Waals surface area contributed by atoms with Gasteiger partial charge in [0.05, 0.1) is 0 Å². The predicted molar refractivity (Wildman–Crippen MR) is 70.6 cm³/mol. The van der Waals surface area contributed by atoms with E-state index in [0.29, 0.717) is 18.9 Å². The van der Waals surface area contributed by atoms with Crippen LogP contribution >= 0.6 is 0 Å². The van der Waals surface area contributed by atoms with Crippen LogP contribution in [0, 0.1) is 5.82 Å². The first-order valence-electron chi connectivity index (χ1n) is 5.80. The second-order valence-corrected chi connectivity index (χ2v) is 4.19. The molecule has 2 aromatic rings. The SMILES string of the molecule is CN(Cc1ccc(CN)cc1)c1ncccc1F. The Balaban J connectivity index is 2.11. The van der Waals surface area contributed by atoms with Crippen LogP contribution in [0.15, 0.2) is 42.6 Å². The molecular formula is C14H16FN3. The Morgan fingerprint density at radius 1 is 1.17 bits per heavy atom. The lowest BCUT2D eigenvalue weighted by molar-refractivity contribution is 0.615. The first kappa shape index (κ1) is 12.5. The van der Waals surface area contributed by atoms with Gasteiger partial charge in [-0.1, -0.05) is 24.3 Å². The van der Waals surface area contributed by atoms with Gasteiger partial charge in [0.1, 0.15) is 0 Å². The fourth-order valence-electron chi connectivity index (χ4n) is 1.79. The van der Waals surface area contributed by atoms with Gasteiger partial charge in [0.25, 0.3) is 0 Å². The number of nitrogens with zero attached hydrogens (tertiary/aromatic N) is 2. The molecule has 0 saturated heterocycles. The van der Waals surface area contributed by atoms with Crippen molar-refractivity contribution < 1.29 is 4.39 Å². The highest BCUT2D eigenvalue weighted by atomic mass is 19.1. The molecule has 1 aromatic heterocycles. The number of pyridine rings is 1. The van der Waals surface area contributed by atoms with E-state index in [1.807, 2.05) is 31.3 Å². The molecule has 18 heavy (non-hydrogen) atoms. The molecular weight excluding hydrogens is 229 g/mol. The van der Waals surface area contributed by atoms with Crippen molar-refractivity contribution in [2.24, 2.45) is 5.73 Å². The van der Waals surface area contributed by atoms with Crippen LogP contribution in [0.25, 0.3) is 0 Å². The number of hydrogen-bond donors (Lipinski definition) is 1.